The molecule has 1 N–H and O–H groups in total. The van der Waals surface area contributed by atoms with Crippen molar-refractivity contribution in [3.8, 4) is 40.5 Å². The Hall–Kier alpha value is -4.06. The van der Waals surface area contributed by atoms with Crippen LogP contribution in [0.5, 0.6) is 23.3 Å². The summed E-state index contributed by atoms with van der Waals surface area (Å²) in [6, 6.07) is 11.0. The maximum Gasteiger partial charge on any atom is 0.239 e. The van der Waals surface area contributed by atoms with E-state index in [2.05, 4.69) is 29.9 Å². The van der Waals surface area contributed by atoms with E-state index in [1.54, 1.807) is 46.9 Å². The molecule has 0 aliphatic rings. The van der Waals surface area contributed by atoms with Crippen LogP contribution >= 0.6 is 11.9 Å². The maximum atomic E-state index is 5.64. The van der Waals surface area contributed by atoms with E-state index in [9.17, 15) is 0 Å². The molecule has 12 heteroatoms. The molecule has 0 saturated heterocycles. The van der Waals surface area contributed by atoms with Gasteiger partial charge in [-0.1, -0.05) is 12.1 Å². The second-order valence-electron chi connectivity index (χ2n) is 7.01. The number of para-hydroxylation sites is 1. The summed E-state index contributed by atoms with van der Waals surface area (Å²) < 4.78 is 26.7. The number of benzene rings is 1. The first-order chi connectivity index (χ1) is 17.2. The largest absolute Gasteiger partial charge is 0.494 e. The van der Waals surface area contributed by atoms with Crippen LogP contribution in [-0.4, -0.2) is 63.9 Å². The van der Waals surface area contributed by atoms with E-state index in [-0.39, 0.29) is 0 Å². The molecule has 3 aromatic heterocycles. The first-order valence-electron chi connectivity index (χ1n) is 10.6. The fourth-order valence-corrected chi connectivity index (χ4v) is 3.96. The Kier molecular flexibility index (Phi) is 7.83. The third-order valence-electron chi connectivity index (χ3n) is 4.96. The molecule has 1 aromatic carbocycles. The predicted octanol–water partition coefficient (Wildman–Crippen LogP) is 3.46. The number of hydrogen-bond donors (Lipinski definition) is 1. The quantitative estimate of drug-likeness (QED) is 0.243. The first kappa shape index (κ1) is 24.1. The van der Waals surface area contributed by atoms with Crippen LogP contribution in [0.15, 0.2) is 48.8 Å². The number of rotatable bonds is 11. The van der Waals surface area contributed by atoms with E-state index in [0.717, 1.165) is 5.69 Å². The van der Waals surface area contributed by atoms with Gasteiger partial charge in [0.15, 0.2) is 5.82 Å². The van der Waals surface area contributed by atoms with Gasteiger partial charge in [-0.3, -0.25) is 14.3 Å². The van der Waals surface area contributed by atoms with Gasteiger partial charge >= 0.3 is 0 Å². The molecular weight excluding hydrogens is 470 g/mol. The van der Waals surface area contributed by atoms with Crippen molar-refractivity contribution in [2.45, 2.75) is 6.42 Å². The standard InChI is InChI=1S/C23H25N7O4S/c1-31-17-8-6-9-18(32-2)21(17)30-22(16-7-5-10-19(26-16)33-3)27-28-23(30)29-35-12-11-15-13-25-20(34-4)14-24-15/h5-10,13-14H,11-12H2,1-4H3,(H,28,29). The van der Waals surface area contributed by atoms with Gasteiger partial charge in [0.25, 0.3) is 0 Å². The van der Waals surface area contributed by atoms with Gasteiger partial charge in [0.2, 0.25) is 17.7 Å². The van der Waals surface area contributed by atoms with E-state index >= 15 is 0 Å². The minimum absolute atomic E-state index is 0.466. The molecule has 0 bridgehead atoms. The average Bonchev–Trinajstić information content (AvgIpc) is 3.34. The Morgan fingerprint density at radius 1 is 0.829 bits per heavy atom. The van der Waals surface area contributed by atoms with Crippen LogP contribution in [0.1, 0.15) is 5.69 Å². The molecule has 0 spiro atoms. The number of aromatic nitrogens is 6. The van der Waals surface area contributed by atoms with E-state index in [4.69, 9.17) is 18.9 Å². The average molecular weight is 496 g/mol. The summed E-state index contributed by atoms with van der Waals surface area (Å²) in [6.07, 6.45) is 4.00. The molecule has 0 atom stereocenters. The van der Waals surface area contributed by atoms with Gasteiger partial charge in [-0.25, -0.2) is 9.97 Å². The molecule has 182 valence electrons. The van der Waals surface area contributed by atoms with E-state index < -0.39 is 0 Å². The molecule has 0 amide bonds. The lowest BCUT2D eigenvalue weighted by Gasteiger charge is -2.17. The summed E-state index contributed by atoms with van der Waals surface area (Å²) in [5, 5.41) is 8.80. The Morgan fingerprint density at radius 2 is 1.57 bits per heavy atom. The van der Waals surface area contributed by atoms with Crippen molar-refractivity contribution in [3.63, 3.8) is 0 Å². The number of pyridine rings is 1. The lowest BCUT2D eigenvalue weighted by molar-refractivity contribution is 0.391. The lowest BCUT2D eigenvalue weighted by atomic mass is 10.2. The van der Waals surface area contributed by atoms with E-state index in [1.807, 2.05) is 34.9 Å². The highest BCUT2D eigenvalue weighted by Gasteiger charge is 2.23. The predicted molar refractivity (Wildman–Crippen MR) is 133 cm³/mol. The van der Waals surface area contributed by atoms with Crippen LogP contribution in [0, 0.1) is 0 Å². The molecular formula is C23H25N7O4S. The Labute approximate surface area is 207 Å². The molecule has 35 heavy (non-hydrogen) atoms. The minimum Gasteiger partial charge on any atom is -0.494 e. The highest BCUT2D eigenvalue weighted by molar-refractivity contribution is 8.00. The molecule has 0 saturated carbocycles. The molecule has 3 heterocycles. The Morgan fingerprint density at radius 3 is 2.23 bits per heavy atom. The number of nitrogens with zero attached hydrogens (tertiary/aromatic N) is 6. The Balaban J connectivity index is 1.65. The van der Waals surface area contributed by atoms with Gasteiger partial charge in [-0.15, -0.1) is 10.2 Å². The Bertz CT molecular complexity index is 1240. The van der Waals surface area contributed by atoms with Gasteiger partial charge < -0.3 is 18.9 Å². The fourth-order valence-electron chi connectivity index (χ4n) is 3.28. The van der Waals surface area contributed by atoms with Crippen molar-refractivity contribution in [2.24, 2.45) is 0 Å². The molecule has 11 nitrogen and oxygen atoms in total. The third-order valence-corrected chi connectivity index (χ3v) is 5.70. The molecule has 0 aliphatic carbocycles. The monoisotopic (exact) mass is 495 g/mol. The number of methoxy groups -OCH3 is 4. The van der Waals surface area contributed by atoms with Gasteiger partial charge in [-0.05, 0) is 30.1 Å². The number of nitrogens with one attached hydrogen (secondary N) is 1. The van der Waals surface area contributed by atoms with Crippen LogP contribution in [0.2, 0.25) is 0 Å². The summed E-state index contributed by atoms with van der Waals surface area (Å²) in [7, 11) is 6.33. The lowest BCUT2D eigenvalue weighted by Crippen LogP contribution is -2.07. The van der Waals surface area contributed by atoms with Gasteiger partial charge in [0, 0.05) is 18.2 Å². The first-order valence-corrected chi connectivity index (χ1v) is 11.6. The maximum absolute atomic E-state index is 5.64. The van der Waals surface area contributed by atoms with Crippen LogP contribution in [0.4, 0.5) is 5.95 Å². The van der Waals surface area contributed by atoms with Crippen LogP contribution < -0.4 is 23.7 Å². The SMILES string of the molecule is COc1cnc(CCSNc2nnc(-c3cccc(OC)n3)n2-c2c(OC)cccc2OC)cn1. The molecule has 0 fully saturated rings. The summed E-state index contributed by atoms with van der Waals surface area (Å²) in [5.74, 6) is 3.83. The highest BCUT2D eigenvalue weighted by Crippen LogP contribution is 2.37. The van der Waals surface area contributed by atoms with Crippen molar-refractivity contribution < 1.29 is 18.9 Å². The second-order valence-corrected chi connectivity index (χ2v) is 7.91. The normalized spacial score (nSPS) is 10.6. The third kappa shape index (κ3) is 5.38. The topological polar surface area (TPSA) is 118 Å². The molecule has 0 aliphatic heterocycles. The minimum atomic E-state index is 0.466. The van der Waals surface area contributed by atoms with Gasteiger partial charge in [0.1, 0.15) is 22.9 Å². The van der Waals surface area contributed by atoms with E-state index in [1.165, 1.54) is 11.9 Å². The zero-order valence-corrected chi connectivity index (χ0v) is 20.6. The number of anilines is 1. The number of aryl methyl sites for hydroxylation is 1. The summed E-state index contributed by atoms with van der Waals surface area (Å²) in [6.45, 7) is 0. The van der Waals surface area contributed by atoms with Crippen molar-refractivity contribution in [3.05, 3.63) is 54.5 Å². The van der Waals surface area contributed by atoms with Crippen LogP contribution in [0.25, 0.3) is 17.2 Å². The van der Waals surface area contributed by atoms with E-state index in [0.29, 0.717) is 58.6 Å². The van der Waals surface area contributed by atoms with Gasteiger partial charge in [0.05, 0.1) is 46.5 Å². The zero-order chi connectivity index (χ0) is 24.6. The summed E-state index contributed by atoms with van der Waals surface area (Å²) in [4.78, 5) is 13.1. The molecule has 4 aromatic rings. The van der Waals surface area contributed by atoms with Crippen molar-refractivity contribution in [2.75, 3.05) is 38.9 Å². The zero-order valence-electron chi connectivity index (χ0n) is 19.8. The van der Waals surface area contributed by atoms with Crippen LogP contribution in [-0.2, 0) is 6.42 Å². The van der Waals surface area contributed by atoms with Crippen molar-refractivity contribution in [1.82, 2.24) is 29.7 Å². The van der Waals surface area contributed by atoms with Gasteiger partial charge in [-0.2, -0.15) is 0 Å². The van der Waals surface area contributed by atoms with Crippen molar-refractivity contribution >= 4 is 17.9 Å². The summed E-state index contributed by atoms with van der Waals surface area (Å²) >= 11 is 1.46. The molecule has 4 rings (SSSR count). The molecule has 0 unspecified atom stereocenters. The smallest absolute Gasteiger partial charge is 0.239 e. The summed E-state index contributed by atoms with van der Waals surface area (Å²) in [5.41, 5.74) is 2.08. The second kappa shape index (κ2) is 11.4. The highest BCUT2D eigenvalue weighted by atomic mass is 32.2. The number of hydrogen-bond acceptors (Lipinski definition) is 11. The molecule has 0 radical (unpaired) electrons. The number of ether oxygens (including phenoxy) is 4. The van der Waals surface area contributed by atoms with Crippen molar-refractivity contribution in [1.29, 1.82) is 0 Å². The fraction of sp³-hybridized carbons (Fsp3) is 0.261. The van der Waals surface area contributed by atoms with Crippen LogP contribution in [0.3, 0.4) is 0 Å².